The normalized spacial score (nSPS) is 24.3. The molecule has 1 saturated carbocycles. The van der Waals surface area contributed by atoms with E-state index in [0.29, 0.717) is 6.61 Å². The van der Waals surface area contributed by atoms with Crippen LogP contribution in [0.25, 0.3) is 0 Å². The SMILES string of the molecule is O=C(O)c1cc(SCC2COC3(CCCC3)O2)ccn1. The van der Waals surface area contributed by atoms with Gasteiger partial charge < -0.3 is 14.6 Å². The van der Waals surface area contributed by atoms with Crippen LogP contribution in [-0.4, -0.2) is 40.3 Å². The average molecular weight is 295 g/mol. The number of carboxylic acids is 1. The van der Waals surface area contributed by atoms with Crippen LogP contribution in [-0.2, 0) is 9.47 Å². The number of carboxylic acid groups (broad SMARTS) is 1. The molecule has 1 spiro atoms. The summed E-state index contributed by atoms with van der Waals surface area (Å²) in [5.41, 5.74) is 0.0749. The lowest BCUT2D eigenvalue weighted by atomic mass is 10.2. The molecular weight excluding hydrogens is 278 g/mol. The molecule has 1 aliphatic carbocycles. The van der Waals surface area contributed by atoms with E-state index in [0.717, 1.165) is 23.5 Å². The molecule has 0 amide bonds. The van der Waals surface area contributed by atoms with Crippen molar-refractivity contribution in [3.8, 4) is 0 Å². The third-order valence-corrected chi connectivity index (χ3v) is 4.79. The number of pyridine rings is 1. The lowest BCUT2D eigenvalue weighted by Gasteiger charge is -2.21. The average Bonchev–Trinajstić information content (AvgIpc) is 3.08. The number of rotatable bonds is 4. The highest BCUT2D eigenvalue weighted by atomic mass is 32.2. The van der Waals surface area contributed by atoms with Crippen molar-refractivity contribution < 1.29 is 19.4 Å². The predicted molar refractivity (Wildman–Crippen MR) is 73.9 cm³/mol. The molecule has 0 radical (unpaired) electrons. The molecule has 0 bridgehead atoms. The second-order valence-electron chi connectivity index (χ2n) is 5.16. The Morgan fingerprint density at radius 3 is 3.05 bits per heavy atom. The van der Waals surface area contributed by atoms with E-state index in [1.165, 1.54) is 19.0 Å². The van der Waals surface area contributed by atoms with Gasteiger partial charge in [-0.25, -0.2) is 9.78 Å². The van der Waals surface area contributed by atoms with Crippen LogP contribution in [0.15, 0.2) is 23.2 Å². The highest BCUT2D eigenvalue weighted by Gasteiger charge is 2.43. The Labute approximate surface area is 121 Å². The van der Waals surface area contributed by atoms with Crippen molar-refractivity contribution in [3.05, 3.63) is 24.0 Å². The molecule has 1 saturated heterocycles. The zero-order chi connectivity index (χ0) is 14.0. The van der Waals surface area contributed by atoms with Crippen molar-refractivity contribution in [2.45, 2.75) is 42.5 Å². The van der Waals surface area contributed by atoms with Crippen LogP contribution < -0.4 is 0 Å². The van der Waals surface area contributed by atoms with Gasteiger partial charge in [0.15, 0.2) is 5.79 Å². The lowest BCUT2D eigenvalue weighted by Crippen LogP contribution is -2.27. The van der Waals surface area contributed by atoms with E-state index in [9.17, 15) is 4.79 Å². The van der Waals surface area contributed by atoms with Crippen molar-refractivity contribution in [1.82, 2.24) is 4.98 Å². The van der Waals surface area contributed by atoms with Gasteiger partial charge in [0.2, 0.25) is 0 Å². The molecule has 20 heavy (non-hydrogen) atoms. The Kier molecular flexibility index (Phi) is 3.96. The summed E-state index contributed by atoms with van der Waals surface area (Å²) >= 11 is 1.58. The summed E-state index contributed by atoms with van der Waals surface area (Å²) in [5, 5.41) is 8.91. The minimum absolute atomic E-state index is 0.0749. The Hall–Kier alpha value is -1.11. The number of carbonyl (C=O) groups is 1. The van der Waals surface area contributed by atoms with Crippen molar-refractivity contribution in [2.75, 3.05) is 12.4 Å². The van der Waals surface area contributed by atoms with E-state index in [1.54, 1.807) is 17.8 Å². The first-order chi connectivity index (χ1) is 9.67. The maximum Gasteiger partial charge on any atom is 0.354 e. The summed E-state index contributed by atoms with van der Waals surface area (Å²) < 4.78 is 11.9. The van der Waals surface area contributed by atoms with Crippen LogP contribution in [0.1, 0.15) is 36.2 Å². The first-order valence-corrected chi connectivity index (χ1v) is 7.79. The smallest absolute Gasteiger partial charge is 0.354 e. The molecule has 1 atom stereocenters. The third-order valence-electron chi connectivity index (χ3n) is 3.67. The van der Waals surface area contributed by atoms with Crippen molar-refractivity contribution >= 4 is 17.7 Å². The second-order valence-corrected chi connectivity index (χ2v) is 6.26. The predicted octanol–water partition coefficient (Wildman–Crippen LogP) is 2.56. The van der Waals surface area contributed by atoms with Gasteiger partial charge in [-0.3, -0.25) is 0 Å². The number of hydrogen-bond donors (Lipinski definition) is 1. The van der Waals surface area contributed by atoms with E-state index in [1.807, 2.05) is 6.07 Å². The van der Waals surface area contributed by atoms with Gasteiger partial charge in [-0.15, -0.1) is 11.8 Å². The van der Waals surface area contributed by atoms with E-state index in [4.69, 9.17) is 14.6 Å². The summed E-state index contributed by atoms with van der Waals surface area (Å²) in [5.74, 6) is -0.557. The van der Waals surface area contributed by atoms with E-state index >= 15 is 0 Å². The minimum Gasteiger partial charge on any atom is -0.477 e. The van der Waals surface area contributed by atoms with Gasteiger partial charge in [-0.1, -0.05) is 0 Å². The molecule has 1 aromatic heterocycles. The van der Waals surface area contributed by atoms with Crippen LogP contribution >= 0.6 is 11.8 Å². The maximum absolute atomic E-state index is 10.9. The van der Waals surface area contributed by atoms with Crippen LogP contribution in [0, 0.1) is 0 Å². The topological polar surface area (TPSA) is 68.7 Å². The quantitative estimate of drug-likeness (QED) is 0.861. The summed E-state index contributed by atoms with van der Waals surface area (Å²) in [7, 11) is 0. The highest BCUT2D eigenvalue weighted by Crippen LogP contribution is 2.40. The van der Waals surface area contributed by atoms with E-state index < -0.39 is 5.97 Å². The zero-order valence-electron chi connectivity index (χ0n) is 11.1. The Balaban J connectivity index is 1.55. The number of aromatic carboxylic acids is 1. The van der Waals surface area contributed by atoms with Crippen molar-refractivity contribution in [3.63, 3.8) is 0 Å². The van der Waals surface area contributed by atoms with Gasteiger partial charge >= 0.3 is 5.97 Å². The van der Waals surface area contributed by atoms with Gasteiger partial charge in [0.05, 0.1) is 12.7 Å². The van der Waals surface area contributed by atoms with Gasteiger partial charge in [0.1, 0.15) is 5.69 Å². The number of thioether (sulfide) groups is 1. The molecule has 2 fully saturated rings. The molecular formula is C14H17NO4S. The van der Waals surface area contributed by atoms with Crippen LogP contribution in [0.4, 0.5) is 0 Å². The van der Waals surface area contributed by atoms with Crippen LogP contribution in [0.2, 0.25) is 0 Å². The maximum atomic E-state index is 10.9. The van der Waals surface area contributed by atoms with Crippen LogP contribution in [0.3, 0.4) is 0 Å². The zero-order valence-corrected chi connectivity index (χ0v) is 11.9. The van der Waals surface area contributed by atoms with Crippen LogP contribution in [0.5, 0.6) is 0 Å². The molecule has 3 rings (SSSR count). The van der Waals surface area contributed by atoms with Crippen molar-refractivity contribution in [1.29, 1.82) is 0 Å². The molecule has 1 aliphatic heterocycles. The van der Waals surface area contributed by atoms with Gasteiger partial charge in [0.25, 0.3) is 0 Å². The molecule has 6 heteroatoms. The molecule has 2 heterocycles. The molecule has 2 aliphatic rings. The first kappa shape index (κ1) is 13.9. The minimum atomic E-state index is -1.00. The molecule has 1 N–H and O–H groups in total. The Bertz CT molecular complexity index is 502. The third kappa shape index (κ3) is 2.97. The summed E-state index contributed by atoms with van der Waals surface area (Å²) in [6, 6.07) is 3.41. The van der Waals surface area contributed by atoms with E-state index in [-0.39, 0.29) is 17.6 Å². The largest absolute Gasteiger partial charge is 0.477 e. The fraction of sp³-hybridized carbons (Fsp3) is 0.571. The first-order valence-electron chi connectivity index (χ1n) is 6.81. The molecule has 1 unspecified atom stereocenters. The number of nitrogens with zero attached hydrogens (tertiary/aromatic N) is 1. The number of aromatic nitrogens is 1. The van der Waals surface area contributed by atoms with E-state index in [2.05, 4.69) is 4.98 Å². The lowest BCUT2D eigenvalue weighted by molar-refractivity contribution is -0.159. The van der Waals surface area contributed by atoms with Gasteiger partial charge in [-0.05, 0) is 25.0 Å². The monoisotopic (exact) mass is 295 g/mol. The standard InChI is InChI=1S/C14H17NO4S/c16-13(17)12-7-11(3-6-15-12)20-9-10-8-18-14(19-10)4-1-2-5-14/h3,6-7,10H,1-2,4-5,8-9H2,(H,16,17). The highest BCUT2D eigenvalue weighted by molar-refractivity contribution is 7.99. The number of ether oxygens (including phenoxy) is 2. The number of hydrogen-bond acceptors (Lipinski definition) is 5. The molecule has 108 valence electrons. The summed E-state index contributed by atoms with van der Waals surface area (Å²) in [6.07, 6.45) is 5.94. The fourth-order valence-electron chi connectivity index (χ4n) is 2.68. The Morgan fingerprint density at radius 1 is 1.50 bits per heavy atom. The van der Waals surface area contributed by atoms with Gasteiger partial charge in [-0.2, -0.15) is 0 Å². The summed E-state index contributed by atoms with van der Waals surface area (Å²) in [4.78, 5) is 15.6. The second kappa shape index (κ2) is 5.71. The fourth-order valence-corrected chi connectivity index (χ4v) is 3.58. The summed E-state index contributed by atoms with van der Waals surface area (Å²) in [6.45, 7) is 0.629. The Morgan fingerprint density at radius 2 is 2.30 bits per heavy atom. The molecule has 5 nitrogen and oxygen atoms in total. The van der Waals surface area contributed by atoms with Gasteiger partial charge in [0, 0.05) is 29.7 Å². The van der Waals surface area contributed by atoms with Crippen molar-refractivity contribution in [2.24, 2.45) is 0 Å². The molecule has 0 aromatic carbocycles. The molecule has 1 aromatic rings.